The number of morpholine rings is 1. The highest BCUT2D eigenvalue weighted by atomic mass is 32.2. The summed E-state index contributed by atoms with van der Waals surface area (Å²) in [5, 5.41) is 17.6. The fourth-order valence-corrected chi connectivity index (χ4v) is 3.65. The predicted molar refractivity (Wildman–Crippen MR) is 79.8 cm³/mol. The van der Waals surface area contributed by atoms with Crippen LogP contribution in [0.4, 0.5) is 5.88 Å². The van der Waals surface area contributed by atoms with Crippen molar-refractivity contribution in [3.05, 3.63) is 6.20 Å². The summed E-state index contributed by atoms with van der Waals surface area (Å²) in [6, 6.07) is 0. The number of thioether (sulfide) groups is 2. The summed E-state index contributed by atoms with van der Waals surface area (Å²) < 4.78 is 11.3. The van der Waals surface area contributed by atoms with Crippen molar-refractivity contribution in [1.29, 1.82) is 0 Å². The van der Waals surface area contributed by atoms with Crippen molar-refractivity contribution in [3.63, 3.8) is 0 Å². The van der Waals surface area contributed by atoms with Crippen LogP contribution in [0.2, 0.25) is 0 Å². The van der Waals surface area contributed by atoms with Crippen molar-refractivity contribution in [2.75, 3.05) is 49.4 Å². The van der Waals surface area contributed by atoms with Crippen LogP contribution < -0.4 is 14.9 Å². The van der Waals surface area contributed by atoms with Gasteiger partial charge in [-0.15, -0.1) is 5.01 Å². The minimum Gasteiger partial charge on any atom is -0.861 e. The summed E-state index contributed by atoms with van der Waals surface area (Å²) in [6.07, 6.45) is 1.61. The normalized spacial score (nSPS) is 19.9. The predicted octanol–water partition coefficient (Wildman–Crippen LogP) is -0.843. The molecule has 114 valence electrons. The molecule has 1 saturated heterocycles. The van der Waals surface area contributed by atoms with Gasteiger partial charge in [0.1, 0.15) is 4.38 Å². The lowest BCUT2D eigenvalue weighted by molar-refractivity contribution is -0.759. The van der Waals surface area contributed by atoms with Gasteiger partial charge in [-0.05, 0) is 5.90 Å². The molecule has 0 aliphatic carbocycles. The van der Waals surface area contributed by atoms with Crippen LogP contribution in [0.15, 0.2) is 20.7 Å². The minimum atomic E-state index is -0.250. The highest BCUT2D eigenvalue weighted by Crippen LogP contribution is 2.21. The van der Waals surface area contributed by atoms with Gasteiger partial charge in [-0.3, -0.25) is 9.52 Å². The minimum absolute atomic E-state index is 0.216. The van der Waals surface area contributed by atoms with Gasteiger partial charge in [0, 0.05) is 11.5 Å². The van der Waals surface area contributed by atoms with E-state index in [2.05, 4.69) is 15.3 Å². The van der Waals surface area contributed by atoms with Gasteiger partial charge < -0.3 is 9.84 Å². The molecule has 10 heteroatoms. The first-order chi connectivity index (χ1) is 10.3. The lowest BCUT2D eigenvalue weighted by Gasteiger charge is -2.18. The van der Waals surface area contributed by atoms with Gasteiger partial charge >= 0.3 is 5.88 Å². The van der Waals surface area contributed by atoms with E-state index in [1.807, 2.05) is 5.01 Å². The first kappa shape index (κ1) is 14.7. The standard InChI is InChI=1S/C11H15N5O3S2/c17-9(8-21-11-12-1-6-20-11)13-10-7-16(14-19-10)15-2-4-18-5-3-15/h7H,1-6,8H2. The molecule has 1 aromatic heterocycles. The Morgan fingerprint density at radius 3 is 3.14 bits per heavy atom. The molecular weight excluding hydrogens is 314 g/mol. The third-order valence-corrected chi connectivity index (χ3v) is 5.07. The molecule has 3 heterocycles. The molecule has 2 aliphatic rings. The van der Waals surface area contributed by atoms with E-state index in [1.54, 1.807) is 22.7 Å². The number of aliphatic imine (C=N–C) groups is 2. The molecule has 0 unspecified atom stereocenters. The third kappa shape index (κ3) is 4.11. The van der Waals surface area contributed by atoms with Gasteiger partial charge in [-0.1, -0.05) is 23.5 Å². The van der Waals surface area contributed by atoms with Crippen LogP contribution >= 0.6 is 23.5 Å². The third-order valence-electron chi connectivity index (χ3n) is 2.83. The van der Waals surface area contributed by atoms with Crippen LogP contribution in [0.5, 0.6) is 0 Å². The maximum absolute atomic E-state index is 11.8. The zero-order chi connectivity index (χ0) is 14.5. The van der Waals surface area contributed by atoms with Crippen LogP contribution in [0.1, 0.15) is 0 Å². The Kier molecular flexibility index (Phi) is 4.99. The molecule has 0 aromatic carbocycles. The topological polar surface area (TPSA) is 90.2 Å². The van der Waals surface area contributed by atoms with E-state index >= 15 is 0 Å². The summed E-state index contributed by atoms with van der Waals surface area (Å²) in [5.41, 5.74) is 0. The largest absolute Gasteiger partial charge is 0.861 e. The lowest BCUT2D eigenvalue weighted by atomic mass is 10.5. The van der Waals surface area contributed by atoms with E-state index in [9.17, 15) is 5.11 Å². The molecule has 0 spiro atoms. The summed E-state index contributed by atoms with van der Waals surface area (Å²) in [4.78, 5) is 9.74. The van der Waals surface area contributed by atoms with Crippen molar-refractivity contribution < 1.29 is 19.2 Å². The zero-order valence-electron chi connectivity index (χ0n) is 11.3. The molecule has 1 fully saturated rings. The summed E-state index contributed by atoms with van der Waals surface area (Å²) in [5.74, 6) is 1.23. The molecule has 2 aliphatic heterocycles. The van der Waals surface area contributed by atoms with Crippen LogP contribution in [-0.2, 0) is 4.74 Å². The summed E-state index contributed by atoms with van der Waals surface area (Å²) in [6.45, 7) is 3.61. The molecule has 0 radical (unpaired) electrons. The number of nitrogens with zero attached hydrogens (tertiary/aromatic N) is 5. The average Bonchev–Trinajstić information content (AvgIpc) is 3.17. The first-order valence-electron chi connectivity index (χ1n) is 6.57. The molecule has 21 heavy (non-hydrogen) atoms. The van der Waals surface area contributed by atoms with Crippen molar-refractivity contribution >= 4 is 39.7 Å². The molecule has 0 bridgehead atoms. The molecule has 0 atom stereocenters. The van der Waals surface area contributed by atoms with E-state index in [0.29, 0.717) is 13.2 Å². The van der Waals surface area contributed by atoms with Crippen molar-refractivity contribution in [2.24, 2.45) is 9.98 Å². The average molecular weight is 329 g/mol. The van der Waals surface area contributed by atoms with Gasteiger partial charge in [0.15, 0.2) is 0 Å². The van der Waals surface area contributed by atoms with Gasteiger partial charge in [0.05, 0.1) is 37.6 Å². The Bertz CT molecular complexity index is 542. The number of rotatable bonds is 4. The Morgan fingerprint density at radius 2 is 2.38 bits per heavy atom. The molecule has 3 rings (SSSR count). The van der Waals surface area contributed by atoms with E-state index in [1.165, 1.54) is 11.8 Å². The number of aromatic nitrogens is 2. The molecule has 0 saturated carbocycles. The molecular formula is C11H15N5O3S2. The van der Waals surface area contributed by atoms with Crippen LogP contribution in [-0.4, -0.2) is 59.9 Å². The van der Waals surface area contributed by atoms with Gasteiger partial charge in [0.2, 0.25) is 5.27 Å². The Labute approximate surface area is 130 Å². The molecule has 1 aromatic rings. The second-order valence-corrected chi connectivity index (χ2v) is 6.62. The highest BCUT2D eigenvalue weighted by Gasteiger charge is 2.22. The fourth-order valence-electron chi connectivity index (χ4n) is 1.85. The van der Waals surface area contributed by atoms with Crippen LogP contribution in [0, 0.1) is 0 Å². The SMILES string of the molecule is [O-]/C(CSC1=NCCS1)=N/c1c[n+](N2CCOCC2)no1. The van der Waals surface area contributed by atoms with Crippen molar-refractivity contribution in [2.45, 2.75) is 0 Å². The molecule has 0 amide bonds. The highest BCUT2D eigenvalue weighted by molar-refractivity contribution is 8.39. The smallest absolute Gasteiger partial charge is 0.324 e. The first-order valence-corrected chi connectivity index (χ1v) is 8.54. The van der Waals surface area contributed by atoms with E-state index in [-0.39, 0.29) is 17.5 Å². The Morgan fingerprint density at radius 1 is 1.52 bits per heavy atom. The summed E-state index contributed by atoms with van der Waals surface area (Å²) >= 11 is 3.09. The quantitative estimate of drug-likeness (QED) is 0.404. The zero-order valence-corrected chi connectivity index (χ0v) is 12.9. The maximum Gasteiger partial charge on any atom is 0.324 e. The monoisotopic (exact) mass is 329 g/mol. The lowest BCUT2D eigenvalue weighted by Crippen LogP contribution is -2.62. The van der Waals surface area contributed by atoms with Crippen LogP contribution in [0.25, 0.3) is 0 Å². The number of hydrogen-bond acceptors (Lipinski definition) is 9. The van der Waals surface area contributed by atoms with Crippen molar-refractivity contribution in [3.8, 4) is 0 Å². The Balaban J connectivity index is 1.55. The second kappa shape index (κ2) is 7.14. The van der Waals surface area contributed by atoms with E-state index < -0.39 is 0 Å². The van der Waals surface area contributed by atoms with E-state index in [0.717, 1.165) is 29.8 Å². The second-order valence-electron chi connectivity index (χ2n) is 4.32. The van der Waals surface area contributed by atoms with Crippen LogP contribution in [0.3, 0.4) is 0 Å². The Hall–Kier alpha value is -1.26. The molecule has 8 nitrogen and oxygen atoms in total. The van der Waals surface area contributed by atoms with Gasteiger partial charge in [0.25, 0.3) is 6.20 Å². The summed E-state index contributed by atoms with van der Waals surface area (Å²) in [7, 11) is 0. The molecule has 0 N–H and O–H groups in total. The number of hydrogen-bond donors (Lipinski definition) is 0. The fraction of sp³-hybridized carbons (Fsp3) is 0.636. The van der Waals surface area contributed by atoms with Crippen molar-refractivity contribution in [1.82, 2.24) is 5.27 Å². The number of ether oxygens (including phenoxy) is 1. The van der Waals surface area contributed by atoms with E-state index in [4.69, 9.17) is 9.26 Å². The maximum atomic E-state index is 11.8. The van der Waals surface area contributed by atoms with Gasteiger partial charge in [-0.2, -0.15) is 0 Å². The van der Waals surface area contributed by atoms with Gasteiger partial charge in [-0.25, -0.2) is 4.99 Å².